The SMILES string of the molecule is NC(=O)C1=CC([C@@H]2CCCN(C/C=C/C(=O)O)C2)CCN=C1c1ccc(Oc2ccccc2)cc1. The summed E-state index contributed by atoms with van der Waals surface area (Å²) in [5.74, 6) is 0.611. The monoisotopic (exact) mass is 473 g/mol. The van der Waals surface area contributed by atoms with E-state index in [1.807, 2.05) is 60.7 Å². The fraction of sp³-hybridized carbons (Fsp3) is 0.321. The Morgan fingerprint density at radius 3 is 2.54 bits per heavy atom. The first-order chi connectivity index (χ1) is 17.0. The minimum absolute atomic E-state index is 0.186. The number of primary amides is 1. The number of ether oxygens (including phenoxy) is 1. The van der Waals surface area contributed by atoms with Crippen molar-refractivity contribution >= 4 is 17.6 Å². The zero-order valence-electron chi connectivity index (χ0n) is 19.7. The molecule has 3 N–H and O–H groups in total. The Morgan fingerprint density at radius 2 is 1.83 bits per heavy atom. The van der Waals surface area contributed by atoms with Gasteiger partial charge in [-0.1, -0.05) is 30.4 Å². The molecule has 1 fully saturated rings. The number of allylic oxidation sites excluding steroid dienone is 1. The maximum Gasteiger partial charge on any atom is 0.328 e. The van der Waals surface area contributed by atoms with Crippen molar-refractivity contribution in [1.82, 2.24) is 4.90 Å². The summed E-state index contributed by atoms with van der Waals surface area (Å²) >= 11 is 0. The summed E-state index contributed by atoms with van der Waals surface area (Å²) in [5, 5.41) is 8.83. The van der Waals surface area contributed by atoms with E-state index in [1.165, 1.54) is 6.08 Å². The maximum atomic E-state index is 12.5. The quantitative estimate of drug-likeness (QED) is 0.563. The van der Waals surface area contributed by atoms with E-state index >= 15 is 0 Å². The topological polar surface area (TPSA) is 105 Å². The predicted octanol–water partition coefficient (Wildman–Crippen LogP) is 4.05. The van der Waals surface area contributed by atoms with Crippen molar-refractivity contribution in [2.45, 2.75) is 19.3 Å². The minimum Gasteiger partial charge on any atom is -0.478 e. The summed E-state index contributed by atoms with van der Waals surface area (Å²) in [4.78, 5) is 30.3. The van der Waals surface area contributed by atoms with E-state index < -0.39 is 11.9 Å². The molecule has 0 radical (unpaired) electrons. The lowest BCUT2D eigenvalue weighted by Gasteiger charge is -2.35. The third-order valence-electron chi connectivity index (χ3n) is 6.51. The molecule has 2 aliphatic heterocycles. The standard InChI is InChI=1S/C28H31N3O4/c29-28(34)25-18-21(22-6-4-16-31(19-22)17-5-9-26(32)33)14-15-30-27(25)20-10-12-24(13-11-20)35-23-7-2-1-3-8-23/h1-3,5,7-13,18,21-22H,4,6,14-17,19H2,(H2,29,34)(H,32,33)/b9-5+/t21?,22-/m1/s1. The zero-order valence-corrected chi connectivity index (χ0v) is 19.7. The summed E-state index contributed by atoms with van der Waals surface area (Å²) < 4.78 is 5.88. The van der Waals surface area contributed by atoms with Crippen molar-refractivity contribution in [2.75, 3.05) is 26.2 Å². The van der Waals surface area contributed by atoms with Gasteiger partial charge in [0, 0.05) is 31.3 Å². The summed E-state index contributed by atoms with van der Waals surface area (Å²) in [5.41, 5.74) is 7.75. The number of nitrogens with zero attached hydrogens (tertiary/aromatic N) is 2. The maximum absolute atomic E-state index is 12.5. The van der Waals surface area contributed by atoms with Crippen LogP contribution in [0, 0.1) is 11.8 Å². The number of carbonyl (C=O) groups excluding carboxylic acids is 1. The average Bonchev–Trinajstić information content (AvgIpc) is 3.09. The number of amides is 1. The predicted molar refractivity (Wildman–Crippen MR) is 136 cm³/mol. The molecule has 2 aliphatic rings. The van der Waals surface area contributed by atoms with Crippen LogP contribution >= 0.6 is 0 Å². The molecule has 0 bridgehead atoms. The number of piperidine rings is 1. The molecule has 1 amide bonds. The van der Waals surface area contributed by atoms with Gasteiger partial charge in [-0.3, -0.25) is 14.7 Å². The smallest absolute Gasteiger partial charge is 0.328 e. The summed E-state index contributed by atoms with van der Waals surface area (Å²) in [6.45, 7) is 3.03. The molecular weight excluding hydrogens is 442 g/mol. The van der Waals surface area contributed by atoms with E-state index in [2.05, 4.69) is 4.90 Å². The lowest BCUT2D eigenvalue weighted by atomic mass is 9.82. The van der Waals surface area contributed by atoms with Crippen LogP contribution < -0.4 is 10.5 Å². The zero-order chi connectivity index (χ0) is 24.6. The molecule has 7 heteroatoms. The molecule has 0 aromatic heterocycles. The number of nitrogens with two attached hydrogens (primary N) is 1. The normalized spacial score (nSPS) is 21.1. The number of aliphatic imine (C=N–C) groups is 1. The largest absolute Gasteiger partial charge is 0.478 e. The van der Waals surface area contributed by atoms with Gasteiger partial charge in [-0.05, 0) is 74.0 Å². The highest BCUT2D eigenvalue weighted by Crippen LogP contribution is 2.31. The molecule has 7 nitrogen and oxygen atoms in total. The fourth-order valence-electron chi connectivity index (χ4n) is 4.82. The average molecular weight is 474 g/mol. The van der Waals surface area contributed by atoms with Gasteiger partial charge in [0.25, 0.3) is 5.91 Å². The van der Waals surface area contributed by atoms with Crippen LogP contribution in [0.25, 0.3) is 0 Å². The van der Waals surface area contributed by atoms with E-state index in [1.54, 1.807) is 6.08 Å². The third-order valence-corrected chi connectivity index (χ3v) is 6.51. The van der Waals surface area contributed by atoms with Crippen molar-refractivity contribution in [3.63, 3.8) is 0 Å². The van der Waals surface area contributed by atoms with Crippen molar-refractivity contribution < 1.29 is 19.4 Å². The van der Waals surface area contributed by atoms with Gasteiger partial charge in [-0.15, -0.1) is 0 Å². The second-order valence-electron chi connectivity index (χ2n) is 8.97. The first-order valence-electron chi connectivity index (χ1n) is 12.0. The Kier molecular flexibility index (Phi) is 8.11. The fourth-order valence-corrected chi connectivity index (χ4v) is 4.82. The molecule has 182 valence electrons. The van der Waals surface area contributed by atoms with Crippen molar-refractivity contribution in [2.24, 2.45) is 22.6 Å². The van der Waals surface area contributed by atoms with Crippen LogP contribution in [-0.2, 0) is 9.59 Å². The van der Waals surface area contributed by atoms with Gasteiger partial charge in [0.1, 0.15) is 11.5 Å². The Balaban J connectivity index is 1.48. The van der Waals surface area contributed by atoms with Gasteiger partial charge in [0.05, 0.1) is 11.3 Å². The highest BCUT2D eigenvalue weighted by Gasteiger charge is 2.29. The van der Waals surface area contributed by atoms with Crippen LogP contribution in [0.4, 0.5) is 0 Å². The van der Waals surface area contributed by atoms with Gasteiger partial charge in [0.15, 0.2) is 0 Å². The van der Waals surface area contributed by atoms with Gasteiger partial charge in [-0.2, -0.15) is 0 Å². The molecule has 0 spiro atoms. The van der Waals surface area contributed by atoms with Gasteiger partial charge >= 0.3 is 5.97 Å². The van der Waals surface area contributed by atoms with E-state index in [0.717, 1.165) is 43.7 Å². The Hall–Kier alpha value is -3.71. The second-order valence-corrected chi connectivity index (χ2v) is 8.97. The van der Waals surface area contributed by atoms with Crippen molar-refractivity contribution in [3.05, 3.63) is 84.0 Å². The number of hydrogen-bond donors (Lipinski definition) is 2. The summed E-state index contributed by atoms with van der Waals surface area (Å²) in [6, 6.07) is 17.1. The van der Waals surface area contributed by atoms with Crippen LogP contribution in [0.3, 0.4) is 0 Å². The molecule has 1 saturated heterocycles. The number of benzene rings is 2. The molecule has 2 heterocycles. The molecular formula is C28H31N3O4. The molecule has 0 aliphatic carbocycles. The Morgan fingerprint density at radius 1 is 1.09 bits per heavy atom. The molecule has 35 heavy (non-hydrogen) atoms. The van der Waals surface area contributed by atoms with Crippen LogP contribution in [0.2, 0.25) is 0 Å². The number of para-hydroxylation sites is 1. The van der Waals surface area contributed by atoms with Crippen LogP contribution in [0.1, 0.15) is 24.8 Å². The van der Waals surface area contributed by atoms with Crippen molar-refractivity contribution in [1.29, 1.82) is 0 Å². The number of aliphatic carboxylic acids is 1. The number of likely N-dealkylation sites (tertiary alicyclic amines) is 1. The van der Waals surface area contributed by atoms with E-state index in [-0.39, 0.29) is 5.92 Å². The van der Waals surface area contributed by atoms with E-state index in [0.29, 0.717) is 36.0 Å². The lowest BCUT2D eigenvalue weighted by molar-refractivity contribution is -0.131. The third kappa shape index (κ3) is 6.67. The van der Waals surface area contributed by atoms with Gasteiger partial charge in [-0.25, -0.2) is 4.79 Å². The Labute approximate surface area is 205 Å². The van der Waals surface area contributed by atoms with E-state index in [4.69, 9.17) is 20.6 Å². The first kappa shape index (κ1) is 24.4. The lowest BCUT2D eigenvalue weighted by Crippen LogP contribution is -2.38. The number of carboxylic acid groups (broad SMARTS) is 1. The highest BCUT2D eigenvalue weighted by molar-refractivity contribution is 6.27. The minimum atomic E-state index is -0.930. The molecule has 2 atom stereocenters. The van der Waals surface area contributed by atoms with Crippen LogP contribution in [0.5, 0.6) is 11.5 Å². The molecule has 2 aromatic rings. The first-order valence-corrected chi connectivity index (χ1v) is 12.0. The van der Waals surface area contributed by atoms with Crippen LogP contribution in [0.15, 0.2) is 83.4 Å². The number of carbonyl (C=O) groups is 2. The summed E-state index contributed by atoms with van der Waals surface area (Å²) in [6.07, 6.45) is 7.85. The molecule has 4 rings (SSSR count). The van der Waals surface area contributed by atoms with Crippen LogP contribution in [-0.4, -0.2) is 53.8 Å². The molecule has 2 aromatic carbocycles. The van der Waals surface area contributed by atoms with E-state index in [9.17, 15) is 9.59 Å². The molecule has 1 unspecified atom stereocenters. The second kappa shape index (κ2) is 11.6. The van der Waals surface area contributed by atoms with Gasteiger partial charge < -0.3 is 15.6 Å². The summed E-state index contributed by atoms with van der Waals surface area (Å²) in [7, 11) is 0. The number of hydrogen-bond acceptors (Lipinski definition) is 5. The van der Waals surface area contributed by atoms with Gasteiger partial charge in [0.2, 0.25) is 0 Å². The number of carboxylic acids is 1. The number of rotatable bonds is 8. The molecule has 0 saturated carbocycles. The Bertz CT molecular complexity index is 1120. The van der Waals surface area contributed by atoms with Crippen molar-refractivity contribution in [3.8, 4) is 11.5 Å². The highest BCUT2D eigenvalue weighted by atomic mass is 16.5.